The van der Waals surface area contributed by atoms with Crippen molar-refractivity contribution >= 4 is 10.8 Å². The van der Waals surface area contributed by atoms with Crippen LogP contribution in [0, 0.1) is 6.92 Å². The predicted octanol–water partition coefficient (Wildman–Crippen LogP) is 3.25. The van der Waals surface area contributed by atoms with Gasteiger partial charge in [0.1, 0.15) is 11.5 Å². The van der Waals surface area contributed by atoms with Gasteiger partial charge in [-0.15, -0.1) is 0 Å². The van der Waals surface area contributed by atoms with Gasteiger partial charge in [-0.3, -0.25) is 0 Å². The summed E-state index contributed by atoms with van der Waals surface area (Å²) in [7, 11) is 0. The normalized spacial score (nSPS) is 10.5. The number of ether oxygens (including phenoxy) is 1. The third-order valence-corrected chi connectivity index (χ3v) is 2.47. The Kier molecular flexibility index (Phi) is 2.50. The predicted molar refractivity (Wildman–Crippen MR) is 61.5 cm³/mol. The molecule has 1 N–H and O–H groups in total. The van der Waals surface area contributed by atoms with Crippen LogP contribution >= 0.6 is 0 Å². The van der Waals surface area contributed by atoms with Gasteiger partial charge < -0.3 is 9.84 Å². The summed E-state index contributed by atoms with van der Waals surface area (Å²) in [5, 5.41) is 11.7. The van der Waals surface area contributed by atoms with Gasteiger partial charge in [0.15, 0.2) is 0 Å². The summed E-state index contributed by atoms with van der Waals surface area (Å²) in [6, 6.07) is 9.59. The Labute approximate surface area is 89.1 Å². The van der Waals surface area contributed by atoms with Gasteiger partial charge in [0.2, 0.25) is 0 Å². The van der Waals surface area contributed by atoms with Crippen molar-refractivity contribution in [2.45, 2.75) is 13.8 Å². The van der Waals surface area contributed by atoms with Crippen molar-refractivity contribution in [2.75, 3.05) is 6.61 Å². The number of aromatic hydroxyl groups is 1. The number of phenols is 1. The molecule has 0 heterocycles. The van der Waals surface area contributed by atoms with Crippen LogP contribution in [0.3, 0.4) is 0 Å². The third kappa shape index (κ3) is 1.63. The molecule has 2 aromatic carbocycles. The lowest BCUT2D eigenvalue weighted by molar-refractivity contribution is 0.343. The second-order valence-corrected chi connectivity index (χ2v) is 3.52. The Hall–Kier alpha value is -1.70. The standard InChI is InChI=1S/C13H14O2/c1-3-15-12-8-9(2)13(14)11-7-5-4-6-10(11)12/h4-8,14H,3H2,1-2H3. The quantitative estimate of drug-likeness (QED) is 0.810. The van der Waals surface area contributed by atoms with Crippen molar-refractivity contribution in [3.8, 4) is 11.5 Å². The first-order valence-electron chi connectivity index (χ1n) is 5.08. The van der Waals surface area contributed by atoms with E-state index in [1.165, 1.54) is 0 Å². The molecule has 78 valence electrons. The molecule has 2 aromatic rings. The number of hydrogen-bond acceptors (Lipinski definition) is 2. The molecule has 0 bridgehead atoms. The molecule has 0 amide bonds. The molecule has 0 saturated carbocycles. The largest absolute Gasteiger partial charge is 0.507 e. The van der Waals surface area contributed by atoms with Crippen molar-refractivity contribution in [3.63, 3.8) is 0 Å². The van der Waals surface area contributed by atoms with Crippen molar-refractivity contribution < 1.29 is 9.84 Å². The Morgan fingerprint density at radius 3 is 2.53 bits per heavy atom. The van der Waals surface area contributed by atoms with Gasteiger partial charge in [-0.25, -0.2) is 0 Å². The first-order valence-corrected chi connectivity index (χ1v) is 5.08. The van der Waals surface area contributed by atoms with Crippen LogP contribution < -0.4 is 4.74 Å². The van der Waals surface area contributed by atoms with Crippen LogP contribution in [0.1, 0.15) is 12.5 Å². The van der Waals surface area contributed by atoms with Crippen LogP contribution in [-0.2, 0) is 0 Å². The number of aryl methyl sites for hydroxylation is 1. The number of hydrogen-bond donors (Lipinski definition) is 1. The van der Waals surface area contributed by atoms with Crippen LogP contribution in [0.15, 0.2) is 30.3 Å². The van der Waals surface area contributed by atoms with E-state index in [1.807, 2.05) is 44.2 Å². The highest BCUT2D eigenvalue weighted by Gasteiger charge is 2.08. The van der Waals surface area contributed by atoms with E-state index in [1.54, 1.807) is 0 Å². The maximum Gasteiger partial charge on any atom is 0.127 e. The second kappa shape index (κ2) is 3.81. The Morgan fingerprint density at radius 2 is 1.87 bits per heavy atom. The summed E-state index contributed by atoms with van der Waals surface area (Å²) in [6.45, 7) is 4.47. The molecule has 0 atom stereocenters. The van der Waals surface area contributed by atoms with Gasteiger partial charge >= 0.3 is 0 Å². The van der Waals surface area contributed by atoms with E-state index in [2.05, 4.69) is 0 Å². The molecule has 0 unspecified atom stereocenters. The van der Waals surface area contributed by atoms with Gasteiger partial charge in [0, 0.05) is 10.8 Å². The molecule has 0 aliphatic rings. The number of phenolic OH excluding ortho intramolecular Hbond substituents is 1. The Bertz CT molecular complexity index is 489. The highest BCUT2D eigenvalue weighted by molar-refractivity contribution is 5.94. The summed E-state index contributed by atoms with van der Waals surface area (Å²) >= 11 is 0. The van der Waals surface area contributed by atoms with E-state index in [-0.39, 0.29) is 0 Å². The molecule has 2 rings (SSSR count). The van der Waals surface area contributed by atoms with E-state index < -0.39 is 0 Å². The molecule has 0 aliphatic carbocycles. The lowest BCUT2D eigenvalue weighted by Crippen LogP contribution is -1.93. The smallest absolute Gasteiger partial charge is 0.127 e. The van der Waals surface area contributed by atoms with Crippen LogP contribution in [0.5, 0.6) is 11.5 Å². The van der Waals surface area contributed by atoms with Gasteiger partial charge in [-0.1, -0.05) is 24.3 Å². The fourth-order valence-corrected chi connectivity index (χ4v) is 1.73. The third-order valence-electron chi connectivity index (χ3n) is 2.47. The molecule has 0 aromatic heterocycles. The highest BCUT2D eigenvalue weighted by atomic mass is 16.5. The van der Waals surface area contributed by atoms with Crippen molar-refractivity contribution in [1.29, 1.82) is 0 Å². The number of benzene rings is 2. The minimum absolute atomic E-state index is 0.342. The molecule has 15 heavy (non-hydrogen) atoms. The van der Waals surface area contributed by atoms with E-state index in [0.29, 0.717) is 12.4 Å². The highest BCUT2D eigenvalue weighted by Crippen LogP contribution is 2.35. The fourth-order valence-electron chi connectivity index (χ4n) is 1.73. The van der Waals surface area contributed by atoms with Crippen LogP contribution in [0.4, 0.5) is 0 Å². The molecule has 2 nitrogen and oxygen atoms in total. The molecule has 0 spiro atoms. The van der Waals surface area contributed by atoms with Crippen molar-refractivity contribution in [3.05, 3.63) is 35.9 Å². The molecular formula is C13H14O2. The molecule has 0 radical (unpaired) electrons. The average Bonchev–Trinajstić information content (AvgIpc) is 2.26. The molecule has 2 heteroatoms. The zero-order chi connectivity index (χ0) is 10.8. The zero-order valence-corrected chi connectivity index (χ0v) is 8.95. The molecular weight excluding hydrogens is 188 g/mol. The fraction of sp³-hybridized carbons (Fsp3) is 0.231. The monoisotopic (exact) mass is 202 g/mol. The van der Waals surface area contributed by atoms with E-state index in [9.17, 15) is 5.11 Å². The van der Waals surface area contributed by atoms with Gasteiger partial charge in [-0.05, 0) is 25.5 Å². The van der Waals surface area contributed by atoms with Crippen LogP contribution in [-0.4, -0.2) is 11.7 Å². The first kappa shape index (κ1) is 9.84. The van der Waals surface area contributed by atoms with Crippen molar-refractivity contribution in [1.82, 2.24) is 0 Å². The van der Waals surface area contributed by atoms with Gasteiger partial charge in [0.25, 0.3) is 0 Å². The lowest BCUT2D eigenvalue weighted by Gasteiger charge is -2.10. The topological polar surface area (TPSA) is 29.5 Å². The van der Waals surface area contributed by atoms with E-state index in [0.717, 1.165) is 22.1 Å². The Morgan fingerprint density at radius 1 is 1.20 bits per heavy atom. The molecule has 0 saturated heterocycles. The summed E-state index contributed by atoms with van der Waals surface area (Å²) in [5.74, 6) is 1.18. The lowest BCUT2D eigenvalue weighted by atomic mass is 10.1. The number of fused-ring (bicyclic) bond motifs is 1. The summed E-state index contributed by atoms with van der Waals surface area (Å²) in [5.41, 5.74) is 0.845. The summed E-state index contributed by atoms with van der Waals surface area (Å²) < 4.78 is 5.54. The van der Waals surface area contributed by atoms with Crippen LogP contribution in [0.25, 0.3) is 10.8 Å². The van der Waals surface area contributed by atoms with Crippen LogP contribution in [0.2, 0.25) is 0 Å². The Balaban J connectivity index is 2.76. The summed E-state index contributed by atoms with van der Waals surface area (Å²) in [4.78, 5) is 0. The molecule has 0 aliphatic heterocycles. The van der Waals surface area contributed by atoms with Gasteiger partial charge in [0.05, 0.1) is 6.61 Å². The zero-order valence-electron chi connectivity index (χ0n) is 8.95. The van der Waals surface area contributed by atoms with Crippen molar-refractivity contribution in [2.24, 2.45) is 0 Å². The minimum Gasteiger partial charge on any atom is -0.507 e. The average molecular weight is 202 g/mol. The first-order chi connectivity index (χ1) is 7.24. The number of rotatable bonds is 2. The summed E-state index contributed by atoms with van der Waals surface area (Å²) in [6.07, 6.45) is 0. The maximum absolute atomic E-state index is 9.90. The minimum atomic E-state index is 0.342. The molecule has 0 fully saturated rings. The SMILES string of the molecule is CCOc1cc(C)c(O)c2ccccc12. The van der Waals surface area contributed by atoms with E-state index in [4.69, 9.17) is 4.74 Å². The second-order valence-electron chi connectivity index (χ2n) is 3.52. The maximum atomic E-state index is 9.90. The van der Waals surface area contributed by atoms with E-state index >= 15 is 0 Å². The van der Waals surface area contributed by atoms with Gasteiger partial charge in [-0.2, -0.15) is 0 Å².